The minimum absolute atomic E-state index is 0.0746. The lowest BCUT2D eigenvalue weighted by Crippen LogP contribution is -2.41. The summed E-state index contributed by atoms with van der Waals surface area (Å²) in [5, 5.41) is 7.76. The van der Waals surface area contributed by atoms with Crippen LogP contribution in [0.3, 0.4) is 0 Å². The summed E-state index contributed by atoms with van der Waals surface area (Å²) in [6, 6.07) is 14.2. The Hall–Kier alpha value is -3.61. The third-order valence-corrected chi connectivity index (χ3v) is 6.91. The number of aromatic nitrogens is 2. The summed E-state index contributed by atoms with van der Waals surface area (Å²) >= 11 is 0. The van der Waals surface area contributed by atoms with Crippen molar-refractivity contribution in [1.82, 2.24) is 14.7 Å². The second-order valence-electron chi connectivity index (χ2n) is 10.9. The number of benzene rings is 2. The number of anilines is 1. The number of piperidine rings is 1. The van der Waals surface area contributed by atoms with Crippen molar-refractivity contribution in [2.24, 2.45) is 0 Å². The topological polar surface area (TPSA) is 76.5 Å². The van der Waals surface area contributed by atoms with Crippen LogP contribution in [0.5, 0.6) is 0 Å². The number of nitrogens with one attached hydrogen (secondary N) is 1. The van der Waals surface area contributed by atoms with Gasteiger partial charge in [0, 0.05) is 24.7 Å². The summed E-state index contributed by atoms with van der Waals surface area (Å²) in [5.41, 5.74) is 6.16. The molecule has 0 spiro atoms. The van der Waals surface area contributed by atoms with E-state index < -0.39 is 5.60 Å². The van der Waals surface area contributed by atoms with Crippen LogP contribution in [0.15, 0.2) is 48.7 Å². The van der Waals surface area contributed by atoms with Crippen LogP contribution in [-0.4, -0.2) is 45.4 Å². The molecule has 0 bridgehead atoms. The Balaban J connectivity index is 1.64. The molecule has 2 aromatic carbocycles. The fraction of sp³-hybridized carbons (Fsp3) is 0.433. The molecular weight excluding hydrogens is 464 g/mol. The SMILES string of the molecule is CCc1cccc(NC(=O)c2cnn(-c3ccc(C)c(C)c3)c2C2CCN(C(=O)OC(C)(C)C)CC2)c1. The number of hydrogen-bond acceptors (Lipinski definition) is 4. The highest BCUT2D eigenvalue weighted by molar-refractivity contribution is 6.05. The highest BCUT2D eigenvalue weighted by Crippen LogP contribution is 2.33. The molecule has 7 heteroatoms. The second kappa shape index (κ2) is 10.8. The van der Waals surface area contributed by atoms with E-state index in [1.165, 1.54) is 16.7 Å². The standard InChI is InChI=1S/C30H38N4O3/c1-7-22-9-8-10-24(18-22)32-28(35)26-19-31-34(25-12-11-20(2)21(3)17-25)27(26)23-13-15-33(16-14-23)29(36)37-30(4,5)6/h8-12,17-19,23H,7,13-16H2,1-6H3,(H,32,35). The van der Waals surface area contributed by atoms with Crippen molar-refractivity contribution in [2.75, 3.05) is 18.4 Å². The lowest BCUT2D eigenvalue weighted by molar-refractivity contribution is 0.0203. The van der Waals surface area contributed by atoms with Gasteiger partial charge in [-0.2, -0.15) is 5.10 Å². The van der Waals surface area contributed by atoms with Gasteiger partial charge in [0.1, 0.15) is 5.60 Å². The fourth-order valence-electron chi connectivity index (χ4n) is 4.72. The summed E-state index contributed by atoms with van der Waals surface area (Å²) in [6.07, 6.45) is 3.73. The van der Waals surface area contributed by atoms with Crippen molar-refractivity contribution in [2.45, 2.75) is 72.3 Å². The molecule has 1 aliphatic rings. The predicted octanol–water partition coefficient (Wildman–Crippen LogP) is 6.42. The van der Waals surface area contributed by atoms with Crippen molar-refractivity contribution in [3.63, 3.8) is 0 Å². The Morgan fingerprint density at radius 3 is 2.43 bits per heavy atom. The Bertz CT molecular complexity index is 1280. The predicted molar refractivity (Wildman–Crippen MR) is 147 cm³/mol. The van der Waals surface area contributed by atoms with E-state index in [0.29, 0.717) is 18.7 Å². The molecule has 0 aliphatic carbocycles. The van der Waals surface area contributed by atoms with E-state index in [4.69, 9.17) is 4.74 Å². The summed E-state index contributed by atoms with van der Waals surface area (Å²) in [5.74, 6) is -0.0987. The molecule has 7 nitrogen and oxygen atoms in total. The molecule has 0 radical (unpaired) electrons. The molecule has 37 heavy (non-hydrogen) atoms. The van der Waals surface area contributed by atoms with Gasteiger partial charge in [0.2, 0.25) is 0 Å². The van der Waals surface area contributed by atoms with Crippen molar-refractivity contribution < 1.29 is 14.3 Å². The minimum atomic E-state index is -0.532. The average molecular weight is 503 g/mol. The lowest BCUT2D eigenvalue weighted by atomic mass is 9.90. The van der Waals surface area contributed by atoms with Crippen LogP contribution < -0.4 is 5.32 Å². The zero-order valence-electron chi connectivity index (χ0n) is 22.8. The van der Waals surface area contributed by atoms with Crippen molar-refractivity contribution in [1.29, 1.82) is 0 Å². The number of carbonyl (C=O) groups is 2. The Labute approximate surface area is 219 Å². The van der Waals surface area contributed by atoms with Gasteiger partial charge in [0.25, 0.3) is 5.91 Å². The maximum Gasteiger partial charge on any atom is 0.410 e. The van der Waals surface area contributed by atoms with Crippen LogP contribution in [0.25, 0.3) is 5.69 Å². The van der Waals surface area contributed by atoms with Crippen LogP contribution in [-0.2, 0) is 11.2 Å². The third kappa shape index (κ3) is 6.21. The van der Waals surface area contributed by atoms with Gasteiger partial charge in [-0.25, -0.2) is 9.48 Å². The molecule has 0 atom stereocenters. The zero-order valence-corrected chi connectivity index (χ0v) is 22.8. The van der Waals surface area contributed by atoms with Gasteiger partial charge in [-0.3, -0.25) is 4.79 Å². The number of likely N-dealkylation sites (tertiary alicyclic amines) is 1. The van der Waals surface area contributed by atoms with Crippen molar-refractivity contribution in [3.05, 3.63) is 76.6 Å². The van der Waals surface area contributed by atoms with Crippen LogP contribution >= 0.6 is 0 Å². The van der Waals surface area contributed by atoms with E-state index in [9.17, 15) is 9.59 Å². The molecule has 2 heterocycles. The molecule has 1 aliphatic heterocycles. The Kier molecular flexibility index (Phi) is 7.71. The molecule has 3 aromatic rings. The van der Waals surface area contributed by atoms with E-state index in [1.54, 1.807) is 11.1 Å². The Morgan fingerprint density at radius 1 is 1.05 bits per heavy atom. The van der Waals surface area contributed by atoms with E-state index in [-0.39, 0.29) is 17.9 Å². The van der Waals surface area contributed by atoms with Gasteiger partial charge in [0.15, 0.2) is 0 Å². The second-order valence-corrected chi connectivity index (χ2v) is 10.9. The van der Waals surface area contributed by atoms with E-state index >= 15 is 0 Å². The Morgan fingerprint density at radius 2 is 1.78 bits per heavy atom. The summed E-state index contributed by atoms with van der Waals surface area (Å²) in [4.78, 5) is 27.9. The van der Waals surface area contributed by atoms with Gasteiger partial charge in [-0.05, 0) is 94.8 Å². The molecule has 4 rings (SSSR count). The first-order chi connectivity index (χ1) is 17.6. The number of aryl methyl sites for hydroxylation is 3. The normalized spacial score (nSPS) is 14.5. The molecular formula is C30H38N4O3. The molecule has 1 N–H and O–H groups in total. The lowest BCUT2D eigenvalue weighted by Gasteiger charge is -2.34. The van der Waals surface area contributed by atoms with Crippen LogP contribution in [0.4, 0.5) is 10.5 Å². The summed E-state index contributed by atoms with van der Waals surface area (Å²) in [6.45, 7) is 13.0. The number of amides is 2. The van der Waals surface area contributed by atoms with E-state index in [0.717, 1.165) is 36.3 Å². The zero-order chi connectivity index (χ0) is 26.7. The summed E-state index contributed by atoms with van der Waals surface area (Å²) < 4.78 is 7.47. The van der Waals surface area contributed by atoms with Gasteiger partial charge in [-0.15, -0.1) is 0 Å². The minimum Gasteiger partial charge on any atom is -0.444 e. The van der Waals surface area contributed by atoms with Crippen molar-refractivity contribution in [3.8, 4) is 5.69 Å². The van der Waals surface area contributed by atoms with Gasteiger partial charge in [-0.1, -0.05) is 25.1 Å². The maximum absolute atomic E-state index is 13.5. The average Bonchev–Trinajstić information content (AvgIpc) is 3.30. The maximum atomic E-state index is 13.5. The number of rotatable bonds is 5. The highest BCUT2D eigenvalue weighted by Gasteiger charge is 2.32. The van der Waals surface area contributed by atoms with Gasteiger partial charge < -0.3 is 15.0 Å². The first kappa shape index (κ1) is 26.5. The van der Waals surface area contributed by atoms with Crippen LogP contribution in [0.2, 0.25) is 0 Å². The summed E-state index contributed by atoms with van der Waals surface area (Å²) in [7, 11) is 0. The molecule has 0 unspecified atom stereocenters. The molecule has 0 saturated carbocycles. The first-order valence-corrected chi connectivity index (χ1v) is 13.1. The molecule has 196 valence electrons. The largest absolute Gasteiger partial charge is 0.444 e. The first-order valence-electron chi connectivity index (χ1n) is 13.1. The third-order valence-electron chi connectivity index (χ3n) is 6.91. The van der Waals surface area contributed by atoms with Gasteiger partial charge >= 0.3 is 6.09 Å². The van der Waals surface area contributed by atoms with Gasteiger partial charge in [0.05, 0.1) is 23.1 Å². The van der Waals surface area contributed by atoms with E-state index in [1.807, 2.05) is 49.7 Å². The molecule has 2 amide bonds. The fourth-order valence-corrected chi connectivity index (χ4v) is 4.72. The quantitative estimate of drug-likeness (QED) is 0.437. The highest BCUT2D eigenvalue weighted by atomic mass is 16.6. The van der Waals surface area contributed by atoms with Crippen molar-refractivity contribution >= 4 is 17.7 Å². The van der Waals surface area contributed by atoms with E-state index in [2.05, 4.69) is 49.4 Å². The number of hydrogen-bond donors (Lipinski definition) is 1. The van der Waals surface area contributed by atoms with Crippen LogP contribution in [0.1, 0.15) is 79.2 Å². The monoisotopic (exact) mass is 502 g/mol. The van der Waals surface area contributed by atoms with Crippen LogP contribution in [0, 0.1) is 13.8 Å². The molecule has 1 fully saturated rings. The number of carbonyl (C=O) groups excluding carboxylic acids is 2. The smallest absolute Gasteiger partial charge is 0.410 e. The number of nitrogens with zero attached hydrogens (tertiary/aromatic N) is 3. The molecule has 1 saturated heterocycles. The molecule has 1 aromatic heterocycles. The number of ether oxygens (including phenoxy) is 1.